The van der Waals surface area contributed by atoms with Crippen LogP contribution in [0.25, 0.3) is 0 Å². The second-order valence-electron chi connectivity index (χ2n) is 4.51. The van der Waals surface area contributed by atoms with Crippen molar-refractivity contribution in [3.63, 3.8) is 0 Å². The van der Waals surface area contributed by atoms with E-state index in [2.05, 4.69) is 5.16 Å². The molecule has 1 saturated carbocycles. The fourth-order valence-corrected chi connectivity index (χ4v) is 1.74. The Kier molecular flexibility index (Phi) is 3.17. The van der Waals surface area contributed by atoms with Crippen molar-refractivity contribution < 1.29 is 14.3 Å². The third-order valence-corrected chi connectivity index (χ3v) is 3.00. The molecule has 0 heterocycles. The SMILES string of the molecule is NC(CC1(COc2ccc(F)cc2)CC1)=NO. The third-order valence-electron chi connectivity index (χ3n) is 3.00. The average molecular weight is 238 g/mol. The van der Waals surface area contributed by atoms with Gasteiger partial charge < -0.3 is 15.7 Å². The average Bonchev–Trinajstić information content (AvgIpc) is 3.09. The predicted molar refractivity (Wildman–Crippen MR) is 61.6 cm³/mol. The van der Waals surface area contributed by atoms with Crippen molar-refractivity contribution >= 4 is 5.84 Å². The quantitative estimate of drug-likeness (QED) is 0.357. The van der Waals surface area contributed by atoms with Gasteiger partial charge in [0.25, 0.3) is 0 Å². The van der Waals surface area contributed by atoms with Gasteiger partial charge in [-0.25, -0.2) is 4.39 Å². The molecule has 0 bridgehead atoms. The topological polar surface area (TPSA) is 67.8 Å². The summed E-state index contributed by atoms with van der Waals surface area (Å²) in [4.78, 5) is 0. The van der Waals surface area contributed by atoms with Crippen molar-refractivity contribution in [2.75, 3.05) is 6.61 Å². The summed E-state index contributed by atoms with van der Waals surface area (Å²) >= 11 is 0. The van der Waals surface area contributed by atoms with Gasteiger partial charge in [-0.3, -0.25) is 0 Å². The minimum absolute atomic E-state index is 0.00923. The van der Waals surface area contributed by atoms with Crippen LogP contribution in [0.15, 0.2) is 29.4 Å². The minimum atomic E-state index is -0.282. The monoisotopic (exact) mass is 238 g/mol. The standard InChI is InChI=1S/C12H15FN2O2/c13-9-1-3-10(4-2-9)17-8-12(5-6-12)7-11(14)15-16/h1-4,16H,5-8H2,(H2,14,15). The number of rotatable bonds is 5. The first-order valence-corrected chi connectivity index (χ1v) is 5.48. The Bertz CT molecular complexity index is 413. The molecule has 0 spiro atoms. The highest BCUT2D eigenvalue weighted by molar-refractivity contribution is 5.80. The van der Waals surface area contributed by atoms with Crippen molar-refractivity contribution in [2.24, 2.45) is 16.3 Å². The first-order chi connectivity index (χ1) is 8.13. The van der Waals surface area contributed by atoms with Gasteiger partial charge in [-0.1, -0.05) is 5.16 Å². The molecule has 1 aliphatic carbocycles. The van der Waals surface area contributed by atoms with E-state index in [1.807, 2.05) is 0 Å². The van der Waals surface area contributed by atoms with E-state index in [1.54, 1.807) is 12.1 Å². The number of halogens is 1. The summed E-state index contributed by atoms with van der Waals surface area (Å²) in [5.74, 6) is 0.581. The lowest BCUT2D eigenvalue weighted by molar-refractivity contribution is 0.236. The van der Waals surface area contributed by atoms with Crippen LogP contribution >= 0.6 is 0 Å². The lowest BCUT2D eigenvalue weighted by Crippen LogP contribution is -2.22. The Hall–Kier alpha value is -1.78. The molecule has 17 heavy (non-hydrogen) atoms. The number of oxime groups is 1. The van der Waals surface area contributed by atoms with E-state index in [4.69, 9.17) is 15.7 Å². The molecule has 0 atom stereocenters. The Balaban J connectivity index is 1.88. The summed E-state index contributed by atoms with van der Waals surface area (Å²) in [6, 6.07) is 5.90. The molecule has 2 rings (SSSR count). The maximum atomic E-state index is 12.7. The molecular weight excluding hydrogens is 223 g/mol. The van der Waals surface area contributed by atoms with E-state index in [-0.39, 0.29) is 17.1 Å². The summed E-state index contributed by atoms with van der Waals surface area (Å²) in [5, 5.41) is 11.5. The van der Waals surface area contributed by atoms with Crippen molar-refractivity contribution in [1.82, 2.24) is 0 Å². The normalized spacial score (nSPS) is 17.8. The van der Waals surface area contributed by atoms with E-state index >= 15 is 0 Å². The Labute approximate surface area is 98.9 Å². The van der Waals surface area contributed by atoms with Crippen LogP contribution < -0.4 is 10.5 Å². The molecule has 1 fully saturated rings. The van der Waals surface area contributed by atoms with Crippen LogP contribution in [0.1, 0.15) is 19.3 Å². The maximum Gasteiger partial charge on any atom is 0.139 e. The molecule has 3 N–H and O–H groups in total. The van der Waals surface area contributed by atoms with Crippen molar-refractivity contribution in [3.8, 4) is 5.75 Å². The zero-order chi connectivity index (χ0) is 12.3. The summed E-state index contributed by atoms with van der Waals surface area (Å²) in [7, 11) is 0. The van der Waals surface area contributed by atoms with E-state index in [9.17, 15) is 4.39 Å². The van der Waals surface area contributed by atoms with E-state index < -0.39 is 0 Å². The number of ether oxygens (including phenoxy) is 1. The highest BCUT2D eigenvalue weighted by Crippen LogP contribution is 2.48. The van der Waals surface area contributed by atoms with Crippen LogP contribution in [0.3, 0.4) is 0 Å². The number of nitrogens with zero attached hydrogens (tertiary/aromatic N) is 1. The van der Waals surface area contributed by atoms with Crippen LogP contribution in [-0.2, 0) is 0 Å². The van der Waals surface area contributed by atoms with Crippen molar-refractivity contribution in [1.29, 1.82) is 0 Å². The van der Waals surface area contributed by atoms with E-state index in [0.717, 1.165) is 12.8 Å². The van der Waals surface area contributed by atoms with Gasteiger partial charge in [0.15, 0.2) is 0 Å². The second kappa shape index (κ2) is 4.61. The van der Waals surface area contributed by atoms with Crippen molar-refractivity contribution in [3.05, 3.63) is 30.1 Å². The minimum Gasteiger partial charge on any atom is -0.493 e. The first-order valence-electron chi connectivity index (χ1n) is 5.48. The molecule has 92 valence electrons. The van der Waals surface area contributed by atoms with Gasteiger partial charge in [0.1, 0.15) is 17.4 Å². The molecule has 0 aliphatic heterocycles. The van der Waals surface area contributed by atoms with E-state index in [0.29, 0.717) is 18.8 Å². The van der Waals surface area contributed by atoms with Crippen LogP contribution in [0.2, 0.25) is 0 Å². The molecular formula is C12H15FN2O2. The number of hydrogen-bond acceptors (Lipinski definition) is 3. The molecule has 4 nitrogen and oxygen atoms in total. The number of hydrogen-bond donors (Lipinski definition) is 2. The molecule has 1 aromatic carbocycles. The van der Waals surface area contributed by atoms with Gasteiger partial charge in [0, 0.05) is 11.8 Å². The Morgan fingerprint density at radius 3 is 2.59 bits per heavy atom. The zero-order valence-corrected chi connectivity index (χ0v) is 9.40. The fourth-order valence-electron chi connectivity index (χ4n) is 1.74. The van der Waals surface area contributed by atoms with Gasteiger partial charge in [-0.15, -0.1) is 0 Å². The summed E-state index contributed by atoms with van der Waals surface area (Å²) in [5.41, 5.74) is 5.47. The molecule has 0 saturated heterocycles. The zero-order valence-electron chi connectivity index (χ0n) is 9.40. The number of benzene rings is 1. The third kappa shape index (κ3) is 3.09. The summed E-state index contributed by atoms with van der Waals surface area (Å²) in [6.07, 6.45) is 2.54. The molecule has 1 aromatic rings. The molecule has 0 amide bonds. The van der Waals surface area contributed by atoms with Crippen LogP contribution in [0.5, 0.6) is 5.75 Å². The van der Waals surface area contributed by atoms with E-state index in [1.165, 1.54) is 12.1 Å². The lowest BCUT2D eigenvalue weighted by atomic mass is 10.0. The number of amidine groups is 1. The summed E-state index contributed by atoms with van der Waals surface area (Å²) < 4.78 is 18.3. The first kappa shape index (κ1) is 11.7. The second-order valence-corrected chi connectivity index (χ2v) is 4.51. The van der Waals surface area contributed by atoms with Gasteiger partial charge in [-0.05, 0) is 37.1 Å². The Morgan fingerprint density at radius 1 is 1.41 bits per heavy atom. The number of nitrogens with two attached hydrogens (primary N) is 1. The highest BCUT2D eigenvalue weighted by Gasteiger charge is 2.44. The fraction of sp³-hybridized carbons (Fsp3) is 0.417. The summed E-state index contributed by atoms with van der Waals surface area (Å²) in [6.45, 7) is 0.509. The Morgan fingerprint density at radius 2 is 2.06 bits per heavy atom. The largest absolute Gasteiger partial charge is 0.493 e. The van der Waals surface area contributed by atoms with Gasteiger partial charge >= 0.3 is 0 Å². The molecule has 0 aromatic heterocycles. The molecule has 0 radical (unpaired) electrons. The lowest BCUT2D eigenvalue weighted by Gasteiger charge is -2.15. The van der Waals surface area contributed by atoms with Crippen LogP contribution in [-0.4, -0.2) is 17.6 Å². The van der Waals surface area contributed by atoms with Crippen LogP contribution in [0, 0.1) is 11.2 Å². The van der Waals surface area contributed by atoms with Gasteiger partial charge in [-0.2, -0.15) is 0 Å². The maximum absolute atomic E-state index is 12.7. The van der Waals surface area contributed by atoms with Gasteiger partial charge in [0.2, 0.25) is 0 Å². The van der Waals surface area contributed by atoms with Gasteiger partial charge in [0.05, 0.1) is 6.61 Å². The highest BCUT2D eigenvalue weighted by atomic mass is 19.1. The molecule has 0 unspecified atom stereocenters. The predicted octanol–water partition coefficient (Wildman–Crippen LogP) is 2.12. The van der Waals surface area contributed by atoms with Crippen LogP contribution in [0.4, 0.5) is 4.39 Å². The smallest absolute Gasteiger partial charge is 0.139 e. The molecule has 5 heteroatoms. The molecule has 1 aliphatic rings. The van der Waals surface area contributed by atoms with Crippen molar-refractivity contribution in [2.45, 2.75) is 19.3 Å².